The van der Waals surface area contributed by atoms with Crippen LogP contribution in [0.25, 0.3) is 5.78 Å². The number of aromatic nitrogens is 4. The summed E-state index contributed by atoms with van der Waals surface area (Å²) in [7, 11) is 0. The molecule has 0 amide bonds. The second kappa shape index (κ2) is 5.97. The average molecular weight is 358 g/mol. The Morgan fingerprint density at radius 2 is 1.88 bits per heavy atom. The minimum absolute atomic E-state index is 0.602. The molecule has 7 heteroatoms. The molecule has 1 saturated heterocycles. The SMILES string of the molecule is Cc1nc2ncnn2c(N2CCC(O)(c3ccccc3Cl)CC2)c1C. The number of fused-ring (bicyclic) bond motifs is 1. The lowest BCUT2D eigenvalue weighted by Crippen LogP contribution is -2.43. The first-order valence-corrected chi connectivity index (χ1v) is 8.77. The number of anilines is 1. The zero-order chi connectivity index (χ0) is 17.6. The predicted octanol–water partition coefficient (Wildman–Crippen LogP) is 2.88. The van der Waals surface area contributed by atoms with Crippen molar-refractivity contribution in [1.82, 2.24) is 19.6 Å². The highest BCUT2D eigenvalue weighted by molar-refractivity contribution is 6.31. The number of benzene rings is 1. The van der Waals surface area contributed by atoms with Crippen molar-refractivity contribution in [3.8, 4) is 0 Å². The summed E-state index contributed by atoms with van der Waals surface area (Å²) >= 11 is 6.31. The number of aryl methyl sites for hydroxylation is 1. The third-order valence-corrected chi connectivity index (χ3v) is 5.47. The van der Waals surface area contributed by atoms with Crippen molar-refractivity contribution in [3.05, 3.63) is 52.4 Å². The largest absolute Gasteiger partial charge is 0.385 e. The molecule has 1 aromatic carbocycles. The maximum Gasteiger partial charge on any atom is 0.254 e. The van der Waals surface area contributed by atoms with Crippen molar-refractivity contribution >= 4 is 23.2 Å². The molecule has 0 spiro atoms. The number of hydrogen-bond donors (Lipinski definition) is 1. The summed E-state index contributed by atoms with van der Waals surface area (Å²) in [4.78, 5) is 10.9. The fraction of sp³-hybridized carbons (Fsp3) is 0.389. The Morgan fingerprint density at radius 3 is 2.60 bits per heavy atom. The molecule has 1 aliphatic rings. The first-order chi connectivity index (χ1) is 12.0. The van der Waals surface area contributed by atoms with E-state index in [1.807, 2.05) is 38.1 Å². The molecule has 3 aromatic rings. The van der Waals surface area contributed by atoms with Crippen LogP contribution in [0.2, 0.25) is 5.02 Å². The molecule has 25 heavy (non-hydrogen) atoms. The number of nitrogens with zero attached hydrogens (tertiary/aromatic N) is 5. The molecule has 0 unspecified atom stereocenters. The van der Waals surface area contributed by atoms with E-state index in [1.165, 1.54) is 6.33 Å². The summed E-state index contributed by atoms with van der Waals surface area (Å²) in [5.41, 5.74) is 1.94. The van der Waals surface area contributed by atoms with Crippen LogP contribution in [0.15, 0.2) is 30.6 Å². The van der Waals surface area contributed by atoms with Gasteiger partial charge in [0.05, 0.1) is 5.60 Å². The highest BCUT2D eigenvalue weighted by Crippen LogP contribution is 2.38. The molecule has 6 nitrogen and oxygen atoms in total. The van der Waals surface area contributed by atoms with E-state index in [9.17, 15) is 5.11 Å². The van der Waals surface area contributed by atoms with Gasteiger partial charge in [-0.2, -0.15) is 14.6 Å². The third-order valence-electron chi connectivity index (χ3n) is 5.14. The lowest BCUT2D eigenvalue weighted by atomic mass is 9.84. The van der Waals surface area contributed by atoms with Gasteiger partial charge in [0.1, 0.15) is 12.1 Å². The van der Waals surface area contributed by atoms with Crippen molar-refractivity contribution in [2.75, 3.05) is 18.0 Å². The second-order valence-electron chi connectivity index (χ2n) is 6.62. The molecular weight excluding hydrogens is 338 g/mol. The normalized spacial score (nSPS) is 17.2. The van der Waals surface area contributed by atoms with E-state index in [4.69, 9.17) is 11.6 Å². The number of rotatable bonds is 2. The number of aliphatic hydroxyl groups is 1. The first kappa shape index (κ1) is 16.3. The van der Waals surface area contributed by atoms with E-state index in [-0.39, 0.29) is 0 Å². The van der Waals surface area contributed by atoms with E-state index < -0.39 is 5.60 Å². The Morgan fingerprint density at radius 1 is 1.16 bits per heavy atom. The van der Waals surface area contributed by atoms with Gasteiger partial charge < -0.3 is 10.0 Å². The quantitative estimate of drug-likeness (QED) is 0.763. The number of hydrogen-bond acceptors (Lipinski definition) is 5. The lowest BCUT2D eigenvalue weighted by Gasteiger charge is -2.40. The fourth-order valence-corrected chi connectivity index (χ4v) is 3.89. The minimum atomic E-state index is -0.897. The van der Waals surface area contributed by atoms with Crippen molar-refractivity contribution < 1.29 is 5.11 Å². The average Bonchev–Trinajstić information content (AvgIpc) is 3.05. The van der Waals surface area contributed by atoms with Gasteiger partial charge in [-0.05, 0) is 32.8 Å². The van der Waals surface area contributed by atoms with Crippen LogP contribution >= 0.6 is 11.6 Å². The second-order valence-corrected chi connectivity index (χ2v) is 7.02. The Bertz CT molecular complexity index is 930. The molecule has 1 aliphatic heterocycles. The zero-order valence-electron chi connectivity index (χ0n) is 14.3. The summed E-state index contributed by atoms with van der Waals surface area (Å²) in [6, 6.07) is 7.54. The molecule has 0 saturated carbocycles. The van der Waals surface area contributed by atoms with Crippen LogP contribution in [0.3, 0.4) is 0 Å². The Labute approximate surface area is 151 Å². The molecular formula is C18H20ClN5O. The maximum atomic E-state index is 11.1. The third kappa shape index (κ3) is 2.65. The number of piperidine rings is 1. The molecule has 0 aliphatic carbocycles. The fourth-order valence-electron chi connectivity index (χ4n) is 3.58. The topological polar surface area (TPSA) is 66.5 Å². The molecule has 130 valence electrons. The van der Waals surface area contributed by atoms with Crippen molar-refractivity contribution in [3.63, 3.8) is 0 Å². The monoisotopic (exact) mass is 357 g/mol. The molecule has 1 N–H and O–H groups in total. The molecule has 2 aromatic heterocycles. The van der Waals surface area contributed by atoms with Gasteiger partial charge in [0.15, 0.2) is 0 Å². The van der Waals surface area contributed by atoms with Crippen LogP contribution in [-0.4, -0.2) is 37.8 Å². The molecule has 0 bridgehead atoms. The lowest BCUT2D eigenvalue weighted by molar-refractivity contribution is 0.0117. The molecule has 0 radical (unpaired) electrons. The van der Waals surface area contributed by atoms with Gasteiger partial charge in [-0.25, -0.2) is 4.98 Å². The van der Waals surface area contributed by atoms with Gasteiger partial charge in [0, 0.05) is 34.9 Å². The predicted molar refractivity (Wildman–Crippen MR) is 97.1 cm³/mol. The standard InChI is InChI=1S/C18H20ClN5O/c1-12-13(2)22-17-20-11-21-24(17)16(12)23-9-7-18(25,8-10-23)14-5-3-4-6-15(14)19/h3-6,11,25H,7-10H2,1-2H3. The van der Waals surface area contributed by atoms with Crippen molar-refractivity contribution in [2.24, 2.45) is 0 Å². The van der Waals surface area contributed by atoms with E-state index in [2.05, 4.69) is 20.0 Å². The summed E-state index contributed by atoms with van der Waals surface area (Å²) in [6.45, 7) is 5.45. The Hall–Kier alpha value is -2.18. The summed E-state index contributed by atoms with van der Waals surface area (Å²) in [5.74, 6) is 1.60. The van der Waals surface area contributed by atoms with Gasteiger partial charge in [0.25, 0.3) is 5.78 Å². The van der Waals surface area contributed by atoms with Gasteiger partial charge in [-0.1, -0.05) is 29.8 Å². The van der Waals surface area contributed by atoms with Crippen LogP contribution in [0.1, 0.15) is 29.7 Å². The van der Waals surface area contributed by atoms with Crippen molar-refractivity contribution in [1.29, 1.82) is 0 Å². The highest BCUT2D eigenvalue weighted by Gasteiger charge is 2.36. The molecule has 1 fully saturated rings. The summed E-state index contributed by atoms with van der Waals surface area (Å²) < 4.78 is 1.78. The summed E-state index contributed by atoms with van der Waals surface area (Å²) in [6.07, 6.45) is 2.73. The molecule has 0 atom stereocenters. The van der Waals surface area contributed by atoms with Crippen LogP contribution < -0.4 is 4.90 Å². The van der Waals surface area contributed by atoms with Crippen molar-refractivity contribution in [2.45, 2.75) is 32.3 Å². The minimum Gasteiger partial charge on any atom is -0.385 e. The van der Waals surface area contributed by atoms with Gasteiger partial charge in [0.2, 0.25) is 0 Å². The zero-order valence-corrected chi connectivity index (χ0v) is 15.0. The summed E-state index contributed by atoms with van der Waals surface area (Å²) in [5, 5.41) is 16.1. The smallest absolute Gasteiger partial charge is 0.254 e. The highest BCUT2D eigenvalue weighted by atomic mass is 35.5. The van der Waals surface area contributed by atoms with Crippen LogP contribution in [-0.2, 0) is 5.60 Å². The van der Waals surface area contributed by atoms with E-state index in [0.29, 0.717) is 36.7 Å². The maximum absolute atomic E-state index is 11.1. The molecule has 4 rings (SSSR count). The van der Waals surface area contributed by atoms with Gasteiger partial charge in [-0.3, -0.25) is 0 Å². The van der Waals surface area contributed by atoms with Crippen LogP contribution in [0.5, 0.6) is 0 Å². The van der Waals surface area contributed by atoms with Gasteiger partial charge in [-0.15, -0.1) is 0 Å². The Balaban J connectivity index is 1.66. The first-order valence-electron chi connectivity index (χ1n) is 8.39. The van der Waals surface area contributed by atoms with Gasteiger partial charge >= 0.3 is 0 Å². The van der Waals surface area contributed by atoms with E-state index in [1.54, 1.807) is 4.52 Å². The van der Waals surface area contributed by atoms with E-state index in [0.717, 1.165) is 22.6 Å². The van der Waals surface area contributed by atoms with Crippen LogP contribution in [0.4, 0.5) is 5.82 Å². The Kier molecular flexibility index (Phi) is 3.89. The van der Waals surface area contributed by atoms with Crippen LogP contribution in [0, 0.1) is 13.8 Å². The van der Waals surface area contributed by atoms with E-state index >= 15 is 0 Å². The number of halogens is 1. The molecule has 3 heterocycles.